The highest BCUT2D eigenvalue weighted by molar-refractivity contribution is 7.98. The standard InChI is InChI=1S/C10H13NO2S/c11-9(5-12)7-14-6-8-2-1-3-10(13)4-8/h1-5,9,13H,6-7,11H2/t9-/m0/s1. The van der Waals surface area contributed by atoms with E-state index >= 15 is 0 Å². The van der Waals surface area contributed by atoms with Crippen LogP contribution in [0.1, 0.15) is 5.56 Å². The van der Waals surface area contributed by atoms with Crippen LogP contribution >= 0.6 is 11.8 Å². The Morgan fingerprint density at radius 1 is 1.57 bits per heavy atom. The van der Waals surface area contributed by atoms with Gasteiger partial charge < -0.3 is 15.6 Å². The molecule has 0 saturated carbocycles. The highest BCUT2D eigenvalue weighted by Crippen LogP contribution is 2.16. The number of rotatable bonds is 5. The van der Waals surface area contributed by atoms with Crippen molar-refractivity contribution in [3.8, 4) is 5.75 Å². The molecular formula is C10H13NO2S. The van der Waals surface area contributed by atoms with Crippen LogP contribution in [0.4, 0.5) is 0 Å². The molecule has 0 aliphatic heterocycles. The average Bonchev–Trinajstić information content (AvgIpc) is 2.17. The summed E-state index contributed by atoms with van der Waals surface area (Å²) in [5.74, 6) is 1.64. The maximum Gasteiger partial charge on any atom is 0.137 e. The van der Waals surface area contributed by atoms with Crippen molar-refractivity contribution in [3.63, 3.8) is 0 Å². The molecule has 76 valence electrons. The minimum atomic E-state index is -0.391. The maximum absolute atomic E-state index is 10.2. The second-order valence-corrected chi connectivity index (χ2v) is 4.02. The van der Waals surface area contributed by atoms with Crippen LogP contribution in [0.2, 0.25) is 0 Å². The van der Waals surface area contributed by atoms with Crippen LogP contribution in [0.3, 0.4) is 0 Å². The van der Waals surface area contributed by atoms with Gasteiger partial charge in [-0.25, -0.2) is 0 Å². The van der Waals surface area contributed by atoms with E-state index in [0.717, 1.165) is 17.6 Å². The van der Waals surface area contributed by atoms with Gasteiger partial charge in [-0.2, -0.15) is 11.8 Å². The second kappa shape index (κ2) is 5.67. The first-order chi connectivity index (χ1) is 6.72. The van der Waals surface area contributed by atoms with E-state index in [1.807, 2.05) is 6.07 Å². The van der Waals surface area contributed by atoms with E-state index in [2.05, 4.69) is 0 Å². The Balaban J connectivity index is 2.34. The molecule has 0 fully saturated rings. The number of hydrogen-bond donors (Lipinski definition) is 2. The van der Waals surface area contributed by atoms with E-state index in [-0.39, 0.29) is 5.75 Å². The van der Waals surface area contributed by atoms with Crippen LogP contribution in [0.5, 0.6) is 5.75 Å². The van der Waals surface area contributed by atoms with Gasteiger partial charge in [0.05, 0.1) is 6.04 Å². The zero-order chi connectivity index (χ0) is 10.4. The molecule has 0 amide bonds. The molecule has 4 heteroatoms. The maximum atomic E-state index is 10.2. The van der Waals surface area contributed by atoms with Crippen LogP contribution in [0, 0.1) is 0 Å². The minimum absolute atomic E-state index is 0.266. The Morgan fingerprint density at radius 2 is 2.36 bits per heavy atom. The quantitative estimate of drug-likeness (QED) is 0.717. The lowest BCUT2D eigenvalue weighted by Gasteiger charge is -2.04. The van der Waals surface area contributed by atoms with Gasteiger partial charge in [-0.1, -0.05) is 12.1 Å². The van der Waals surface area contributed by atoms with E-state index in [9.17, 15) is 9.90 Å². The van der Waals surface area contributed by atoms with Crippen molar-refractivity contribution >= 4 is 18.0 Å². The van der Waals surface area contributed by atoms with Gasteiger partial charge >= 0.3 is 0 Å². The van der Waals surface area contributed by atoms with Crippen molar-refractivity contribution in [2.24, 2.45) is 5.73 Å². The predicted molar refractivity (Wildman–Crippen MR) is 58.3 cm³/mol. The minimum Gasteiger partial charge on any atom is -0.508 e. The highest BCUT2D eigenvalue weighted by atomic mass is 32.2. The van der Waals surface area contributed by atoms with Crippen molar-refractivity contribution < 1.29 is 9.90 Å². The molecule has 0 unspecified atom stereocenters. The normalized spacial score (nSPS) is 12.4. The summed E-state index contributed by atoms with van der Waals surface area (Å²) in [5, 5.41) is 9.18. The van der Waals surface area contributed by atoms with Gasteiger partial charge in [-0.15, -0.1) is 0 Å². The van der Waals surface area contributed by atoms with Crippen molar-refractivity contribution in [1.29, 1.82) is 0 Å². The third kappa shape index (κ3) is 3.81. The van der Waals surface area contributed by atoms with Crippen molar-refractivity contribution in [3.05, 3.63) is 29.8 Å². The second-order valence-electron chi connectivity index (χ2n) is 2.98. The fraction of sp³-hybridized carbons (Fsp3) is 0.300. The van der Waals surface area contributed by atoms with Gasteiger partial charge in [0.1, 0.15) is 12.0 Å². The number of phenolic OH excluding ortho intramolecular Hbond substituents is 1. The molecule has 1 aromatic carbocycles. The summed E-state index contributed by atoms with van der Waals surface area (Å²) in [7, 11) is 0. The van der Waals surface area contributed by atoms with Crippen LogP contribution < -0.4 is 5.73 Å². The molecule has 3 nitrogen and oxygen atoms in total. The Bertz CT molecular complexity index is 304. The molecular weight excluding hydrogens is 198 g/mol. The van der Waals surface area contributed by atoms with E-state index in [1.165, 1.54) is 0 Å². The Morgan fingerprint density at radius 3 is 3.00 bits per heavy atom. The third-order valence-electron chi connectivity index (χ3n) is 1.66. The Hall–Kier alpha value is -1.00. The molecule has 1 atom stereocenters. The van der Waals surface area contributed by atoms with Crippen LogP contribution in [-0.2, 0) is 10.5 Å². The van der Waals surface area contributed by atoms with E-state index < -0.39 is 6.04 Å². The number of carbonyl (C=O) groups is 1. The van der Waals surface area contributed by atoms with Crippen LogP contribution in [-0.4, -0.2) is 23.2 Å². The largest absolute Gasteiger partial charge is 0.508 e. The average molecular weight is 211 g/mol. The molecule has 0 saturated heterocycles. The SMILES string of the molecule is N[C@@H](C=O)CSCc1cccc(O)c1. The first-order valence-corrected chi connectivity index (χ1v) is 5.44. The molecule has 0 aliphatic carbocycles. The van der Waals surface area contributed by atoms with E-state index in [1.54, 1.807) is 30.0 Å². The lowest BCUT2D eigenvalue weighted by Crippen LogP contribution is -2.24. The Labute approximate surface area is 87.3 Å². The molecule has 0 heterocycles. The molecule has 0 bridgehead atoms. The van der Waals surface area contributed by atoms with E-state index in [0.29, 0.717) is 5.75 Å². The summed E-state index contributed by atoms with van der Waals surface area (Å²) in [6, 6.07) is 6.67. The first kappa shape index (κ1) is 11.1. The highest BCUT2D eigenvalue weighted by Gasteiger charge is 2.00. The molecule has 14 heavy (non-hydrogen) atoms. The van der Waals surface area contributed by atoms with Crippen molar-refractivity contribution in [1.82, 2.24) is 0 Å². The summed E-state index contributed by atoms with van der Waals surface area (Å²) >= 11 is 1.58. The zero-order valence-electron chi connectivity index (χ0n) is 7.72. The molecule has 1 aromatic rings. The number of aromatic hydroxyl groups is 1. The van der Waals surface area contributed by atoms with Gasteiger partial charge in [0.25, 0.3) is 0 Å². The van der Waals surface area contributed by atoms with Crippen LogP contribution in [0.25, 0.3) is 0 Å². The molecule has 0 spiro atoms. The van der Waals surface area contributed by atoms with Gasteiger partial charge in [-0.3, -0.25) is 0 Å². The number of phenols is 1. The Kier molecular flexibility index (Phi) is 4.49. The molecule has 3 N–H and O–H groups in total. The van der Waals surface area contributed by atoms with Crippen molar-refractivity contribution in [2.75, 3.05) is 5.75 Å². The zero-order valence-corrected chi connectivity index (χ0v) is 8.54. The van der Waals surface area contributed by atoms with Gasteiger partial charge in [0.2, 0.25) is 0 Å². The lowest BCUT2D eigenvalue weighted by atomic mass is 10.2. The number of nitrogens with two attached hydrogens (primary N) is 1. The monoisotopic (exact) mass is 211 g/mol. The van der Waals surface area contributed by atoms with Gasteiger partial charge in [0.15, 0.2) is 0 Å². The molecule has 0 radical (unpaired) electrons. The van der Waals surface area contributed by atoms with Crippen molar-refractivity contribution in [2.45, 2.75) is 11.8 Å². The number of benzene rings is 1. The summed E-state index contributed by atoms with van der Waals surface area (Å²) < 4.78 is 0. The first-order valence-electron chi connectivity index (χ1n) is 4.29. The van der Waals surface area contributed by atoms with Gasteiger partial charge in [-0.05, 0) is 17.7 Å². The third-order valence-corrected chi connectivity index (χ3v) is 2.82. The summed E-state index contributed by atoms with van der Waals surface area (Å²) in [4.78, 5) is 10.2. The number of aldehydes is 1. The van der Waals surface area contributed by atoms with Gasteiger partial charge in [0, 0.05) is 11.5 Å². The fourth-order valence-corrected chi connectivity index (χ4v) is 1.88. The number of thioether (sulfide) groups is 1. The lowest BCUT2D eigenvalue weighted by molar-refractivity contribution is -0.108. The summed E-state index contributed by atoms with van der Waals surface area (Å²) in [6.07, 6.45) is 0.746. The number of carbonyl (C=O) groups excluding carboxylic acids is 1. The summed E-state index contributed by atoms with van der Waals surface area (Å²) in [5.41, 5.74) is 6.46. The molecule has 1 rings (SSSR count). The predicted octanol–water partition coefficient (Wildman–Crippen LogP) is 1.15. The molecule has 0 aromatic heterocycles. The summed E-state index contributed by atoms with van der Waals surface area (Å²) in [6.45, 7) is 0. The van der Waals surface area contributed by atoms with E-state index in [4.69, 9.17) is 5.73 Å². The smallest absolute Gasteiger partial charge is 0.137 e. The number of hydrogen-bond acceptors (Lipinski definition) is 4. The fourth-order valence-electron chi connectivity index (χ4n) is 0.998. The molecule has 0 aliphatic rings. The van der Waals surface area contributed by atoms with Crippen LogP contribution in [0.15, 0.2) is 24.3 Å². The topological polar surface area (TPSA) is 63.3 Å².